The second kappa shape index (κ2) is 9.39. The summed E-state index contributed by atoms with van der Waals surface area (Å²) in [4.78, 5) is 23.0. The molecule has 1 fully saturated rings. The lowest BCUT2D eigenvalue weighted by atomic mass is 10.0. The number of hydrogen-bond donors (Lipinski definition) is 2. The summed E-state index contributed by atoms with van der Waals surface area (Å²) in [5.41, 5.74) is 1.80. The Kier molecular flexibility index (Phi) is 7.21. The van der Waals surface area contributed by atoms with Crippen LogP contribution in [0.3, 0.4) is 0 Å². The molecule has 132 valence electrons. The maximum Gasteiger partial charge on any atom is 0.329 e. The van der Waals surface area contributed by atoms with Crippen molar-refractivity contribution in [1.29, 1.82) is 0 Å². The Morgan fingerprint density at radius 2 is 2.08 bits per heavy atom. The monoisotopic (exact) mass is 335 g/mol. The van der Waals surface area contributed by atoms with Crippen LogP contribution in [0.5, 0.6) is 0 Å². The second-order valence-electron chi connectivity index (χ2n) is 5.99. The van der Waals surface area contributed by atoms with Gasteiger partial charge in [-0.15, -0.1) is 0 Å². The van der Waals surface area contributed by atoms with E-state index in [1.807, 2.05) is 24.3 Å². The smallest absolute Gasteiger partial charge is 0.329 e. The van der Waals surface area contributed by atoms with Gasteiger partial charge in [0, 0.05) is 12.2 Å². The summed E-state index contributed by atoms with van der Waals surface area (Å²) in [5.74, 6) is -1.22. The van der Waals surface area contributed by atoms with Crippen LogP contribution < -0.4 is 5.32 Å². The topological polar surface area (TPSA) is 84.9 Å². The predicted octanol–water partition coefficient (Wildman–Crippen LogP) is 2.02. The van der Waals surface area contributed by atoms with E-state index < -0.39 is 5.97 Å². The third kappa shape index (κ3) is 5.62. The van der Waals surface area contributed by atoms with Crippen molar-refractivity contribution in [2.75, 3.05) is 19.8 Å². The molecule has 0 bridgehead atoms. The lowest BCUT2D eigenvalue weighted by Gasteiger charge is -2.31. The maximum atomic E-state index is 12.4. The molecule has 1 amide bonds. The summed E-state index contributed by atoms with van der Waals surface area (Å²) in [6.45, 7) is 2.60. The van der Waals surface area contributed by atoms with Crippen molar-refractivity contribution in [3.63, 3.8) is 0 Å². The number of carboxylic acid groups (broad SMARTS) is 1. The molecule has 1 aromatic carbocycles. The van der Waals surface area contributed by atoms with E-state index in [1.54, 1.807) is 0 Å². The van der Waals surface area contributed by atoms with Gasteiger partial charge in [-0.2, -0.15) is 0 Å². The molecular formula is C18H25NO5. The maximum absolute atomic E-state index is 12.4. The van der Waals surface area contributed by atoms with Gasteiger partial charge in [0.25, 0.3) is 5.91 Å². The zero-order valence-corrected chi connectivity index (χ0v) is 14.0. The molecule has 1 aliphatic rings. The summed E-state index contributed by atoms with van der Waals surface area (Å²) in [6, 6.07) is 7.24. The van der Waals surface area contributed by atoms with E-state index in [0.29, 0.717) is 25.2 Å². The van der Waals surface area contributed by atoms with Crippen LogP contribution in [-0.2, 0) is 20.7 Å². The summed E-state index contributed by atoms with van der Waals surface area (Å²) < 4.78 is 10.7. The molecule has 1 aliphatic heterocycles. The first-order valence-electron chi connectivity index (χ1n) is 8.41. The molecule has 6 nitrogen and oxygen atoms in total. The first kappa shape index (κ1) is 18.4. The number of hydrogen-bond acceptors (Lipinski definition) is 4. The third-order valence-corrected chi connectivity index (χ3v) is 4.07. The number of ether oxygens (including phenoxy) is 2. The molecule has 0 spiro atoms. The molecule has 1 aromatic rings. The van der Waals surface area contributed by atoms with E-state index in [-0.39, 0.29) is 24.7 Å². The molecule has 0 saturated carbocycles. The van der Waals surface area contributed by atoms with Gasteiger partial charge in [-0.1, -0.05) is 25.5 Å². The van der Waals surface area contributed by atoms with Gasteiger partial charge in [-0.3, -0.25) is 4.79 Å². The van der Waals surface area contributed by atoms with Crippen LogP contribution in [0, 0.1) is 0 Å². The average Bonchev–Trinajstić information content (AvgIpc) is 2.59. The van der Waals surface area contributed by atoms with Crippen LogP contribution in [0.1, 0.15) is 42.1 Å². The molecule has 6 heteroatoms. The van der Waals surface area contributed by atoms with Crippen LogP contribution in [-0.4, -0.2) is 48.9 Å². The first-order chi connectivity index (χ1) is 11.6. The van der Waals surface area contributed by atoms with Crippen LogP contribution >= 0.6 is 0 Å². The molecule has 2 N–H and O–H groups in total. The minimum Gasteiger partial charge on any atom is -0.480 e. The van der Waals surface area contributed by atoms with Gasteiger partial charge in [-0.05, 0) is 37.0 Å². The van der Waals surface area contributed by atoms with Crippen LogP contribution in [0.4, 0.5) is 0 Å². The van der Waals surface area contributed by atoms with Crippen molar-refractivity contribution in [1.82, 2.24) is 5.32 Å². The number of carbonyl (C=O) groups excluding carboxylic acids is 1. The molecule has 1 saturated heterocycles. The van der Waals surface area contributed by atoms with Crippen LogP contribution in [0.2, 0.25) is 0 Å². The van der Waals surface area contributed by atoms with Crippen molar-refractivity contribution < 1.29 is 24.2 Å². The predicted molar refractivity (Wildman–Crippen MR) is 89.1 cm³/mol. The normalized spacial score (nSPS) is 20.5. The highest BCUT2D eigenvalue weighted by Gasteiger charge is 2.28. The Labute approximate surface area is 142 Å². The largest absolute Gasteiger partial charge is 0.480 e. The fourth-order valence-corrected chi connectivity index (χ4v) is 2.69. The fourth-order valence-electron chi connectivity index (χ4n) is 2.69. The summed E-state index contributed by atoms with van der Waals surface area (Å²) in [5, 5.41) is 11.6. The number of unbranched alkanes of at least 4 members (excludes halogenated alkanes) is 1. The number of benzene rings is 1. The highest BCUT2D eigenvalue weighted by molar-refractivity contribution is 5.94. The Balaban J connectivity index is 1.92. The lowest BCUT2D eigenvalue weighted by Crippen LogP contribution is -2.51. The average molecular weight is 335 g/mol. The second-order valence-corrected chi connectivity index (χ2v) is 5.99. The minimum atomic E-state index is -1.02. The zero-order chi connectivity index (χ0) is 17.4. The van der Waals surface area contributed by atoms with Crippen LogP contribution in [0.15, 0.2) is 24.3 Å². The van der Waals surface area contributed by atoms with Crippen molar-refractivity contribution >= 4 is 11.9 Å². The number of aliphatic carboxylic acids is 1. The van der Waals surface area contributed by atoms with E-state index in [2.05, 4.69) is 12.2 Å². The van der Waals surface area contributed by atoms with E-state index in [1.165, 1.54) is 5.56 Å². The SMILES string of the molecule is CCCCc1ccc(C(=O)N[C@@H]2COCC[C@@H]2OCC(=O)O)cc1. The van der Waals surface area contributed by atoms with Gasteiger partial charge in [0.1, 0.15) is 6.61 Å². The molecule has 0 aromatic heterocycles. The standard InChI is InChI=1S/C18H25NO5/c1-2-3-4-13-5-7-14(8-6-13)18(22)19-15-11-23-10-9-16(15)24-12-17(20)21/h5-8,15-16H,2-4,9-12H2,1H3,(H,19,22)(H,20,21)/t15-,16+/m1/s1. The Morgan fingerprint density at radius 3 is 2.75 bits per heavy atom. The third-order valence-electron chi connectivity index (χ3n) is 4.07. The molecule has 0 aliphatic carbocycles. The van der Waals surface area contributed by atoms with E-state index in [4.69, 9.17) is 14.6 Å². The number of carbonyl (C=O) groups is 2. The van der Waals surface area contributed by atoms with Gasteiger partial charge < -0.3 is 19.9 Å². The highest BCUT2D eigenvalue weighted by Crippen LogP contribution is 2.14. The molecule has 1 heterocycles. The molecule has 24 heavy (non-hydrogen) atoms. The number of amides is 1. The molecular weight excluding hydrogens is 310 g/mol. The number of rotatable bonds is 8. The van der Waals surface area contributed by atoms with Gasteiger partial charge in [0.05, 0.1) is 18.8 Å². The quantitative estimate of drug-likeness (QED) is 0.759. The number of aryl methyl sites for hydroxylation is 1. The van der Waals surface area contributed by atoms with Gasteiger partial charge in [-0.25, -0.2) is 4.79 Å². The van der Waals surface area contributed by atoms with Crippen molar-refractivity contribution in [2.24, 2.45) is 0 Å². The minimum absolute atomic E-state index is 0.198. The Hall–Kier alpha value is -1.92. The van der Waals surface area contributed by atoms with E-state index in [9.17, 15) is 9.59 Å². The molecule has 2 rings (SSSR count). The van der Waals surface area contributed by atoms with Gasteiger partial charge in [0.15, 0.2) is 0 Å². The fraction of sp³-hybridized carbons (Fsp3) is 0.556. The van der Waals surface area contributed by atoms with E-state index >= 15 is 0 Å². The lowest BCUT2D eigenvalue weighted by molar-refractivity contribution is -0.147. The van der Waals surface area contributed by atoms with E-state index in [0.717, 1.165) is 19.3 Å². The Morgan fingerprint density at radius 1 is 1.33 bits per heavy atom. The summed E-state index contributed by atoms with van der Waals surface area (Å²) >= 11 is 0. The van der Waals surface area contributed by atoms with Crippen molar-refractivity contribution in [2.45, 2.75) is 44.8 Å². The number of nitrogens with one attached hydrogen (secondary N) is 1. The number of carboxylic acids is 1. The van der Waals surface area contributed by atoms with Crippen LogP contribution in [0.25, 0.3) is 0 Å². The molecule has 2 atom stereocenters. The molecule has 0 radical (unpaired) electrons. The summed E-state index contributed by atoms with van der Waals surface area (Å²) in [6.07, 6.45) is 3.51. The van der Waals surface area contributed by atoms with Crippen molar-refractivity contribution in [3.05, 3.63) is 35.4 Å². The zero-order valence-electron chi connectivity index (χ0n) is 14.0. The summed E-state index contributed by atoms with van der Waals surface area (Å²) in [7, 11) is 0. The molecule has 0 unspecified atom stereocenters. The first-order valence-corrected chi connectivity index (χ1v) is 8.41. The van der Waals surface area contributed by atoms with Crippen molar-refractivity contribution in [3.8, 4) is 0 Å². The Bertz CT molecular complexity index is 543. The van der Waals surface area contributed by atoms with Gasteiger partial charge in [0.2, 0.25) is 0 Å². The van der Waals surface area contributed by atoms with Gasteiger partial charge >= 0.3 is 5.97 Å². The highest BCUT2D eigenvalue weighted by atomic mass is 16.5.